The molecular weight excluding hydrogens is 200 g/mol. The van der Waals surface area contributed by atoms with Crippen LogP contribution in [0.2, 0.25) is 0 Å². The van der Waals surface area contributed by atoms with Crippen molar-refractivity contribution in [1.82, 2.24) is 0 Å². The van der Waals surface area contributed by atoms with E-state index < -0.39 is 5.92 Å². The Balaban J connectivity index is 3.05. The average molecular weight is 216 g/mol. The molecular formula is C13H16N2O. The molecule has 0 aliphatic rings. The zero-order valence-corrected chi connectivity index (χ0v) is 9.90. The molecule has 0 N–H and O–H groups in total. The van der Waals surface area contributed by atoms with Crippen molar-refractivity contribution in [2.75, 3.05) is 11.4 Å². The molecule has 1 amide bonds. The Morgan fingerprint density at radius 2 is 2.12 bits per heavy atom. The molecule has 0 aliphatic carbocycles. The summed E-state index contributed by atoms with van der Waals surface area (Å²) in [6, 6.07) is 9.68. The van der Waals surface area contributed by atoms with Gasteiger partial charge >= 0.3 is 0 Å². The zero-order valence-electron chi connectivity index (χ0n) is 9.90. The highest BCUT2D eigenvalue weighted by atomic mass is 16.2. The molecule has 16 heavy (non-hydrogen) atoms. The van der Waals surface area contributed by atoms with E-state index in [0.717, 1.165) is 11.3 Å². The van der Waals surface area contributed by atoms with Crippen molar-refractivity contribution < 1.29 is 4.79 Å². The maximum Gasteiger partial charge on any atom is 0.244 e. The topological polar surface area (TPSA) is 44.1 Å². The van der Waals surface area contributed by atoms with E-state index in [1.807, 2.05) is 44.2 Å². The first-order chi connectivity index (χ1) is 7.61. The van der Waals surface area contributed by atoms with Crippen molar-refractivity contribution in [2.45, 2.75) is 20.8 Å². The number of amides is 1. The number of anilines is 1. The molecule has 1 atom stereocenters. The first kappa shape index (κ1) is 12.3. The first-order valence-electron chi connectivity index (χ1n) is 5.38. The molecule has 0 saturated carbocycles. The molecule has 0 aliphatic heterocycles. The second kappa shape index (κ2) is 5.32. The largest absolute Gasteiger partial charge is 0.311 e. The SMILES string of the molecule is CCN(C(=O)C(C)C#N)c1ccccc1C. The fourth-order valence-electron chi connectivity index (χ4n) is 1.60. The van der Waals surface area contributed by atoms with E-state index in [0.29, 0.717) is 6.54 Å². The first-order valence-corrected chi connectivity index (χ1v) is 5.38. The monoisotopic (exact) mass is 216 g/mol. The van der Waals surface area contributed by atoms with Gasteiger partial charge in [-0.3, -0.25) is 4.79 Å². The van der Waals surface area contributed by atoms with Crippen molar-refractivity contribution in [3.8, 4) is 6.07 Å². The molecule has 3 heteroatoms. The highest BCUT2D eigenvalue weighted by Gasteiger charge is 2.20. The lowest BCUT2D eigenvalue weighted by atomic mass is 10.1. The Morgan fingerprint density at radius 3 is 2.62 bits per heavy atom. The summed E-state index contributed by atoms with van der Waals surface area (Å²) in [5.74, 6) is -0.737. The van der Waals surface area contributed by atoms with E-state index in [4.69, 9.17) is 5.26 Å². The summed E-state index contributed by atoms with van der Waals surface area (Å²) >= 11 is 0. The van der Waals surface area contributed by atoms with Gasteiger partial charge in [0.25, 0.3) is 0 Å². The number of para-hydroxylation sites is 1. The van der Waals surface area contributed by atoms with Crippen LogP contribution in [-0.4, -0.2) is 12.5 Å². The summed E-state index contributed by atoms with van der Waals surface area (Å²) in [5, 5.41) is 8.77. The summed E-state index contributed by atoms with van der Waals surface area (Å²) in [4.78, 5) is 13.6. The maximum atomic E-state index is 12.0. The molecule has 1 rings (SSSR count). The molecule has 3 nitrogen and oxygen atoms in total. The summed E-state index contributed by atoms with van der Waals surface area (Å²) in [5.41, 5.74) is 1.93. The van der Waals surface area contributed by atoms with E-state index in [2.05, 4.69) is 0 Å². The van der Waals surface area contributed by atoms with Gasteiger partial charge in [-0.1, -0.05) is 18.2 Å². The van der Waals surface area contributed by atoms with Gasteiger partial charge in [0.15, 0.2) is 0 Å². The third-order valence-electron chi connectivity index (χ3n) is 2.55. The number of aryl methyl sites for hydroxylation is 1. The normalized spacial score (nSPS) is 11.6. The fourth-order valence-corrected chi connectivity index (χ4v) is 1.60. The molecule has 1 aromatic carbocycles. The van der Waals surface area contributed by atoms with Gasteiger partial charge in [0.2, 0.25) is 5.91 Å². The van der Waals surface area contributed by atoms with E-state index in [-0.39, 0.29) is 5.91 Å². The number of benzene rings is 1. The highest BCUT2D eigenvalue weighted by Crippen LogP contribution is 2.20. The molecule has 0 fully saturated rings. The number of nitrogens with zero attached hydrogens (tertiary/aromatic N) is 2. The van der Waals surface area contributed by atoms with Crippen LogP contribution in [0.15, 0.2) is 24.3 Å². The molecule has 1 aromatic rings. The van der Waals surface area contributed by atoms with Crippen LogP contribution < -0.4 is 4.90 Å². The Morgan fingerprint density at radius 1 is 1.50 bits per heavy atom. The van der Waals surface area contributed by atoms with Crippen LogP contribution in [-0.2, 0) is 4.79 Å². The van der Waals surface area contributed by atoms with Crippen LogP contribution in [0.25, 0.3) is 0 Å². The van der Waals surface area contributed by atoms with Gasteiger partial charge in [-0.2, -0.15) is 5.26 Å². The molecule has 84 valence electrons. The number of rotatable bonds is 3. The third kappa shape index (κ3) is 2.40. The van der Waals surface area contributed by atoms with Crippen molar-refractivity contribution >= 4 is 11.6 Å². The van der Waals surface area contributed by atoms with Crippen LogP contribution in [0, 0.1) is 24.2 Å². The predicted octanol–water partition coefficient (Wildman–Crippen LogP) is 2.51. The van der Waals surface area contributed by atoms with Gasteiger partial charge in [0.05, 0.1) is 6.07 Å². The molecule has 1 unspecified atom stereocenters. The molecule has 0 saturated heterocycles. The van der Waals surface area contributed by atoms with Crippen LogP contribution >= 0.6 is 0 Å². The summed E-state index contributed by atoms with van der Waals surface area (Å²) in [6.07, 6.45) is 0. The van der Waals surface area contributed by atoms with Gasteiger partial charge in [-0.25, -0.2) is 0 Å². The Bertz CT molecular complexity index is 420. The van der Waals surface area contributed by atoms with E-state index in [1.165, 1.54) is 0 Å². The summed E-state index contributed by atoms with van der Waals surface area (Å²) in [7, 11) is 0. The number of carbonyl (C=O) groups is 1. The maximum absolute atomic E-state index is 12.0. The molecule has 0 heterocycles. The fraction of sp³-hybridized carbons (Fsp3) is 0.385. The minimum atomic E-state index is -0.598. The standard InChI is InChI=1S/C13H16N2O/c1-4-15(13(16)11(3)9-14)12-8-6-5-7-10(12)2/h5-8,11H,4H2,1-3H3. The Kier molecular flexibility index (Phi) is 4.07. The zero-order chi connectivity index (χ0) is 12.1. The van der Waals surface area contributed by atoms with Gasteiger partial charge < -0.3 is 4.90 Å². The van der Waals surface area contributed by atoms with E-state index in [9.17, 15) is 4.79 Å². The van der Waals surface area contributed by atoms with Gasteiger partial charge in [-0.15, -0.1) is 0 Å². The number of carbonyl (C=O) groups excluding carboxylic acids is 1. The van der Waals surface area contributed by atoms with Gasteiger partial charge in [-0.05, 0) is 32.4 Å². The number of hydrogen-bond donors (Lipinski definition) is 0. The predicted molar refractivity (Wildman–Crippen MR) is 64.0 cm³/mol. The summed E-state index contributed by atoms with van der Waals surface area (Å²) in [6.45, 7) is 6.08. The van der Waals surface area contributed by atoms with E-state index >= 15 is 0 Å². The second-order valence-corrected chi connectivity index (χ2v) is 3.72. The molecule has 0 bridgehead atoms. The Labute approximate surface area is 96.3 Å². The van der Waals surface area contributed by atoms with Crippen molar-refractivity contribution in [3.05, 3.63) is 29.8 Å². The minimum Gasteiger partial charge on any atom is -0.311 e. The van der Waals surface area contributed by atoms with Crippen molar-refractivity contribution in [2.24, 2.45) is 5.92 Å². The van der Waals surface area contributed by atoms with Crippen molar-refractivity contribution in [1.29, 1.82) is 5.26 Å². The third-order valence-corrected chi connectivity index (χ3v) is 2.55. The van der Waals surface area contributed by atoms with Crippen molar-refractivity contribution in [3.63, 3.8) is 0 Å². The minimum absolute atomic E-state index is 0.140. The average Bonchev–Trinajstić information content (AvgIpc) is 2.31. The second-order valence-electron chi connectivity index (χ2n) is 3.72. The molecule has 0 spiro atoms. The van der Waals surface area contributed by atoms with Crippen LogP contribution in [0.4, 0.5) is 5.69 Å². The van der Waals surface area contributed by atoms with Gasteiger partial charge in [0, 0.05) is 12.2 Å². The lowest BCUT2D eigenvalue weighted by molar-refractivity contribution is -0.120. The Hall–Kier alpha value is -1.82. The lowest BCUT2D eigenvalue weighted by Crippen LogP contribution is -2.35. The van der Waals surface area contributed by atoms with Crippen LogP contribution in [0.1, 0.15) is 19.4 Å². The quantitative estimate of drug-likeness (QED) is 0.779. The summed E-state index contributed by atoms with van der Waals surface area (Å²) < 4.78 is 0. The number of nitriles is 1. The highest BCUT2D eigenvalue weighted by molar-refractivity contribution is 5.96. The molecule has 0 radical (unpaired) electrons. The smallest absolute Gasteiger partial charge is 0.244 e. The van der Waals surface area contributed by atoms with Crippen LogP contribution in [0.3, 0.4) is 0 Å². The lowest BCUT2D eigenvalue weighted by Gasteiger charge is -2.23. The molecule has 0 aromatic heterocycles. The van der Waals surface area contributed by atoms with Crippen LogP contribution in [0.5, 0.6) is 0 Å². The van der Waals surface area contributed by atoms with Gasteiger partial charge in [0.1, 0.15) is 5.92 Å². The van der Waals surface area contributed by atoms with E-state index in [1.54, 1.807) is 11.8 Å². The number of hydrogen-bond acceptors (Lipinski definition) is 2.